The van der Waals surface area contributed by atoms with Crippen molar-refractivity contribution in [3.63, 3.8) is 0 Å². The van der Waals surface area contributed by atoms with Crippen molar-refractivity contribution in [1.82, 2.24) is 4.90 Å². The molecule has 1 aromatic heterocycles. The van der Waals surface area contributed by atoms with Gasteiger partial charge in [-0.2, -0.15) is 0 Å². The number of rotatable bonds is 1. The summed E-state index contributed by atoms with van der Waals surface area (Å²) in [6.45, 7) is 1.07. The molecule has 0 saturated heterocycles. The molecule has 0 aliphatic carbocycles. The lowest BCUT2D eigenvalue weighted by atomic mass is 10.1. The van der Waals surface area contributed by atoms with Gasteiger partial charge in [0.15, 0.2) is 0 Å². The number of aliphatic hydroxyl groups excluding tert-OH is 1. The standard InChI is InChI=1S/C9H11NO3S/c11-5-7-3-6-4-10(9(12)13)2-1-8(6)14-7/h3,11H,1-2,4-5H2,(H,12,13). The third-order valence-electron chi connectivity index (χ3n) is 2.34. The van der Waals surface area contributed by atoms with Gasteiger partial charge in [-0.15, -0.1) is 11.3 Å². The quantitative estimate of drug-likeness (QED) is 0.738. The summed E-state index contributed by atoms with van der Waals surface area (Å²) in [6.07, 6.45) is -0.0980. The highest BCUT2D eigenvalue weighted by molar-refractivity contribution is 7.12. The summed E-state index contributed by atoms with van der Waals surface area (Å²) in [4.78, 5) is 14.3. The molecule has 1 aromatic rings. The van der Waals surface area contributed by atoms with Gasteiger partial charge < -0.3 is 15.1 Å². The molecule has 1 aliphatic heterocycles. The van der Waals surface area contributed by atoms with Gasteiger partial charge in [0.05, 0.1) is 13.2 Å². The molecular weight excluding hydrogens is 202 g/mol. The molecule has 2 N–H and O–H groups in total. The number of carbonyl (C=O) groups is 1. The SMILES string of the molecule is O=C(O)N1CCc2sc(CO)cc2C1. The van der Waals surface area contributed by atoms with Crippen LogP contribution >= 0.6 is 11.3 Å². The van der Waals surface area contributed by atoms with Crippen LogP contribution in [-0.2, 0) is 19.6 Å². The predicted octanol–water partition coefficient (Wildman–Crippen LogP) is 1.28. The van der Waals surface area contributed by atoms with Gasteiger partial charge in [0.1, 0.15) is 0 Å². The number of thiophene rings is 1. The van der Waals surface area contributed by atoms with Crippen LogP contribution in [0.1, 0.15) is 15.3 Å². The van der Waals surface area contributed by atoms with Crippen molar-refractivity contribution in [2.24, 2.45) is 0 Å². The van der Waals surface area contributed by atoms with E-state index in [1.165, 1.54) is 9.78 Å². The number of hydrogen-bond donors (Lipinski definition) is 2. The van der Waals surface area contributed by atoms with Gasteiger partial charge in [0.2, 0.25) is 0 Å². The molecule has 0 saturated carbocycles. The van der Waals surface area contributed by atoms with Crippen molar-refractivity contribution < 1.29 is 15.0 Å². The topological polar surface area (TPSA) is 60.8 Å². The maximum absolute atomic E-state index is 10.7. The molecule has 14 heavy (non-hydrogen) atoms. The largest absolute Gasteiger partial charge is 0.465 e. The van der Waals surface area contributed by atoms with E-state index in [0.29, 0.717) is 13.1 Å². The zero-order chi connectivity index (χ0) is 10.1. The zero-order valence-corrected chi connectivity index (χ0v) is 8.38. The maximum Gasteiger partial charge on any atom is 0.407 e. The number of carboxylic acid groups (broad SMARTS) is 1. The average molecular weight is 213 g/mol. The van der Waals surface area contributed by atoms with Crippen molar-refractivity contribution >= 4 is 17.4 Å². The summed E-state index contributed by atoms with van der Waals surface area (Å²) in [5.41, 5.74) is 1.05. The van der Waals surface area contributed by atoms with Crippen LogP contribution in [0.25, 0.3) is 0 Å². The van der Waals surface area contributed by atoms with Crippen LogP contribution in [0.15, 0.2) is 6.07 Å². The van der Waals surface area contributed by atoms with Gasteiger partial charge in [0, 0.05) is 16.3 Å². The van der Waals surface area contributed by atoms with E-state index in [-0.39, 0.29) is 6.61 Å². The van der Waals surface area contributed by atoms with E-state index in [2.05, 4.69) is 0 Å². The summed E-state index contributed by atoms with van der Waals surface area (Å²) in [6, 6.07) is 1.90. The fraction of sp³-hybridized carbons (Fsp3) is 0.444. The summed E-state index contributed by atoms with van der Waals surface area (Å²) in [5, 5.41) is 17.8. The first-order valence-electron chi connectivity index (χ1n) is 4.40. The summed E-state index contributed by atoms with van der Waals surface area (Å²) < 4.78 is 0. The van der Waals surface area contributed by atoms with Crippen LogP contribution < -0.4 is 0 Å². The van der Waals surface area contributed by atoms with E-state index in [1.54, 1.807) is 11.3 Å². The molecule has 0 fully saturated rings. The molecule has 4 nitrogen and oxygen atoms in total. The van der Waals surface area contributed by atoms with Crippen LogP contribution in [0.2, 0.25) is 0 Å². The maximum atomic E-state index is 10.7. The van der Waals surface area contributed by atoms with Gasteiger partial charge in [-0.1, -0.05) is 0 Å². The molecule has 0 bridgehead atoms. The second kappa shape index (κ2) is 3.59. The highest BCUT2D eigenvalue weighted by Gasteiger charge is 2.21. The predicted molar refractivity (Wildman–Crippen MR) is 52.4 cm³/mol. The van der Waals surface area contributed by atoms with E-state index in [1.807, 2.05) is 6.07 Å². The summed E-state index contributed by atoms with van der Waals surface area (Å²) >= 11 is 1.58. The molecule has 5 heteroatoms. The number of amides is 1. The fourth-order valence-electron chi connectivity index (χ4n) is 1.64. The lowest BCUT2D eigenvalue weighted by molar-refractivity contribution is 0.140. The molecule has 0 atom stereocenters. The second-order valence-corrected chi connectivity index (χ2v) is 4.49. The molecule has 76 valence electrons. The molecule has 0 aromatic carbocycles. The summed E-state index contributed by atoms with van der Waals surface area (Å²) in [7, 11) is 0. The second-order valence-electron chi connectivity index (χ2n) is 3.27. The van der Waals surface area contributed by atoms with Gasteiger partial charge in [-0.25, -0.2) is 4.79 Å². The third kappa shape index (κ3) is 1.60. The van der Waals surface area contributed by atoms with Crippen LogP contribution in [0, 0.1) is 0 Å². The first kappa shape index (κ1) is 9.48. The highest BCUT2D eigenvalue weighted by Crippen LogP contribution is 2.27. The first-order valence-corrected chi connectivity index (χ1v) is 5.21. The van der Waals surface area contributed by atoms with Crippen molar-refractivity contribution in [2.45, 2.75) is 19.6 Å². The van der Waals surface area contributed by atoms with Gasteiger partial charge >= 0.3 is 6.09 Å². The molecule has 2 heterocycles. The minimum Gasteiger partial charge on any atom is -0.465 e. The van der Waals surface area contributed by atoms with E-state index < -0.39 is 6.09 Å². The van der Waals surface area contributed by atoms with Crippen LogP contribution in [0.4, 0.5) is 4.79 Å². The monoisotopic (exact) mass is 213 g/mol. The Morgan fingerprint density at radius 1 is 1.64 bits per heavy atom. The molecule has 0 unspecified atom stereocenters. The normalized spacial score (nSPS) is 15.4. The Kier molecular flexibility index (Phi) is 2.43. The molecule has 1 aliphatic rings. The Bertz CT molecular complexity index is 361. The molecule has 0 radical (unpaired) electrons. The average Bonchev–Trinajstić information content (AvgIpc) is 2.58. The highest BCUT2D eigenvalue weighted by atomic mass is 32.1. The van der Waals surface area contributed by atoms with Crippen molar-refractivity contribution in [1.29, 1.82) is 0 Å². The lowest BCUT2D eigenvalue weighted by Crippen LogP contribution is -2.33. The van der Waals surface area contributed by atoms with Crippen molar-refractivity contribution in [2.75, 3.05) is 6.54 Å². The number of nitrogens with zero attached hydrogens (tertiary/aromatic N) is 1. The minimum absolute atomic E-state index is 0.0464. The molecule has 0 spiro atoms. The first-order chi connectivity index (χ1) is 6.70. The van der Waals surface area contributed by atoms with Crippen molar-refractivity contribution in [3.8, 4) is 0 Å². The van der Waals surface area contributed by atoms with Gasteiger partial charge in [0.25, 0.3) is 0 Å². The van der Waals surface area contributed by atoms with Gasteiger partial charge in [-0.3, -0.25) is 0 Å². The smallest absolute Gasteiger partial charge is 0.407 e. The molecule has 2 rings (SSSR count). The van der Waals surface area contributed by atoms with E-state index in [9.17, 15) is 4.79 Å². The van der Waals surface area contributed by atoms with Gasteiger partial charge in [-0.05, 0) is 18.1 Å². The van der Waals surface area contributed by atoms with E-state index in [4.69, 9.17) is 10.2 Å². The molecular formula is C9H11NO3S. The van der Waals surface area contributed by atoms with Crippen LogP contribution in [-0.4, -0.2) is 27.8 Å². The Labute approximate surface area is 85.4 Å². The number of fused-ring (bicyclic) bond motifs is 1. The lowest BCUT2D eigenvalue weighted by Gasteiger charge is -2.23. The third-order valence-corrected chi connectivity index (χ3v) is 3.57. The Hall–Kier alpha value is -1.07. The Balaban J connectivity index is 2.21. The summed E-state index contributed by atoms with van der Waals surface area (Å²) in [5.74, 6) is 0. The number of hydrogen-bond acceptors (Lipinski definition) is 3. The number of aliphatic hydroxyl groups is 1. The van der Waals surface area contributed by atoms with Crippen molar-refractivity contribution in [3.05, 3.63) is 21.4 Å². The van der Waals surface area contributed by atoms with Crippen LogP contribution in [0.5, 0.6) is 0 Å². The molecule has 1 amide bonds. The van der Waals surface area contributed by atoms with E-state index in [0.717, 1.165) is 16.9 Å². The minimum atomic E-state index is -0.868. The Morgan fingerprint density at radius 2 is 2.43 bits per heavy atom. The van der Waals surface area contributed by atoms with E-state index >= 15 is 0 Å². The Morgan fingerprint density at radius 3 is 3.07 bits per heavy atom. The zero-order valence-electron chi connectivity index (χ0n) is 7.56. The van der Waals surface area contributed by atoms with Crippen LogP contribution in [0.3, 0.4) is 0 Å². The fourth-order valence-corrected chi connectivity index (χ4v) is 2.67.